The second kappa shape index (κ2) is 7.60. The first-order valence-electron chi connectivity index (χ1n) is 8.64. The van der Waals surface area contributed by atoms with E-state index in [1.54, 1.807) is 0 Å². The van der Waals surface area contributed by atoms with Crippen molar-refractivity contribution in [3.63, 3.8) is 0 Å². The summed E-state index contributed by atoms with van der Waals surface area (Å²) >= 11 is 0. The maximum absolute atomic E-state index is 13.2. The van der Waals surface area contributed by atoms with Gasteiger partial charge in [-0.15, -0.1) is 0 Å². The molecule has 1 N–H and O–H groups in total. The van der Waals surface area contributed by atoms with Crippen LogP contribution in [-0.4, -0.2) is 29.2 Å². The number of halogens is 3. The predicted molar refractivity (Wildman–Crippen MR) is 92.8 cm³/mol. The first-order chi connectivity index (χ1) is 12.8. The van der Waals surface area contributed by atoms with E-state index in [1.807, 2.05) is 30.3 Å². The molecule has 144 valence electrons. The Bertz CT molecular complexity index is 785. The summed E-state index contributed by atoms with van der Waals surface area (Å²) in [5.41, 5.74) is -1.76. The summed E-state index contributed by atoms with van der Waals surface area (Å²) in [6.45, 7) is 0.365. The number of hydrogen-bond acceptors (Lipinski definition) is 3. The Kier molecular flexibility index (Phi) is 5.41. The van der Waals surface area contributed by atoms with E-state index < -0.39 is 23.4 Å². The number of rotatable bonds is 3. The molecule has 0 bridgehead atoms. The highest BCUT2D eigenvalue weighted by atomic mass is 19.4. The quantitative estimate of drug-likeness (QED) is 0.864. The second-order valence-electron chi connectivity index (χ2n) is 6.60. The van der Waals surface area contributed by atoms with Gasteiger partial charge in [0.2, 0.25) is 0 Å². The number of carbonyl (C=O) groups is 1. The van der Waals surface area contributed by atoms with Crippen molar-refractivity contribution >= 4 is 6.09 Å². The normalized spacial score (nSPS) is 16.8. The van der Waals surface area contributed by atoms with E-state index in [0.717, 1.165) is 11.6 Å². The first-order valence-corrected chi connectivity index (χ1v) is 8.64. The Balaban J connectivity index is 1.64. The maximum Gasteiger partial charge on any atom is 0.416 e. The largest absolute Gasteiger partial charge is 0.445 e. The summed E-state index contributed by atoms with van der Waals surface area (Å²) in [6.07, 6.45) is -5.05. The van der Waals surface area contributed by atoms with Crippen LogP contribution in [0.2, 0.25) is 0 Å². The Hall–Kier alpha value is -2.54. The lowest BCUT2D eigenvalue weighted by molar-refractivity contribution is -0.141. The van der Waals surface area contributed by atoms with Gasteiger partial charge in [0.1, 0.15) is 6.61 Å². The molecule has 7 heteroatoms. The summed E-state index contributed by atoms with van der Waals surface area (Å²) < 4.78 is 45.0. The van der Waals surface area contributed by atoms with Gasteiger partial charge >= 0.3 is 12.3 Å². The van der Waals surface area contributed by atoms with E-state index in [1.165, 1.54) is 23.1 Å². The van der Waals surface area contributed by atoms with Crippen molar-refractivity contribution in [2.75, 3.05) is 13.1 Å². The topological polar surface area (TPSA) is 49.8 Å². The smallest absolute Gasteiger partial charge is 0.416 e. The van der Waals surface area contributed by atoms with Gasteiger partial charge < -0.3 is 14.7 Å². The molecule has 0 spiro atoms. The number of aliphatic hydroxyl groups is 1. The fourth-order valence-corrected chi connectivity index (χ4v) is 3.28. The molecule has 1 amide bonds. The summed E-state index contributed by atoms with van der Waals surface area (Å²) in [6, 6.07) is 14.2. The monoisotopic (exact) mass is 379 g/mol. The number of ether oxygens (including phenoxy) is 1. The lowest BCUT2D eigenvalue weighted by atomic mass is 9.82. The lowest BCUT2D eigenvalue weighted by Crippen LogP contribution is -2.46. The predicted octanol–water partition coefficient (Wildman–Crippen LogP) is 4.33. The highest BCUT2D eigenvalue weighted by Gasteiger charge is 2.42. The molecule has 2 aromatic carbocycles. The number of likely N-dealkylation sites (tertiary alicyclic amines) is 1. The highest BCUT2D eigenvalue weighted by Crippen LogP contribution is 2.41. The average Bonchev–Trinajstić information content (AvgIpc) is 2.67. The molecule has 1 aliphatic rings. The molecule has 2 aromatic rings. The third-order valence-corrected chi connectivity index (χ3v) is 4.79. The minimum Gasteiger partial charge on any atom is -0.445 e. The molecule has 4 nitrogen and oxygen atoms in total. The van der Waals surface area contributed by atoms with Gasteiger partial charge in [-0.25, -0.2) is 4.79 Å². The SMILES string of the molecule is O=C(OCc1ccccc1)N1CCC(O)(c2ccccc2C(F)(F)F)CC1. The van der Waals surface area contributed by atoms with Gasteiger partial charge in [0.25, 0.3) is 0 Å². The molecule has 0 radical (unpaired) electrons. The fourth-order valence-electron chi connectivity index (χ4n) is 3.28. The standard InChI is InChI=1S/C20H20F3NO3/c21-20(22,23)17-9-5-4-8-16(17)19(26)10-12-24(13-11-19)18(25)27-14-15-6-2-1-3-7-15/h1-9,26H,10-14H2. The molecule has 1 saturated heterocycles. The van der Waals surface area contributed by atoms with Crippen LogP contribution in [-0.2, 0) is 23.1 Å². The molecule has 27 heavy (non-hydrogen) atoms. The van der Waals surface area contributed by atoms with E-state index in [4.69, 9.17) is 4.74 Å². The van der Waals surface area contributed by atoms with E-state index in [-0.39, 0.29) is 38.1 Å². The number of benzene rings is 2. The molecule has 1 aliphatic heterocycles. The van der Waals surface area contributed by atoms with Gasteiger partial charge in [-0.2, -0.15) is 13.2 Å². The van der Waals surface area contributed by atoms with Crippen LogP contribution in [0.1, 0.15) is 29.5 Å². The van der Waals surface area contributed by atoms with Crippen molar-refractivity contribution in [3.8, 4) is 0 Å². The van der Waals surface area contributed by atoms with Crippen molar-refractivity contribution in [3.05, 3.63) is 71.3 Å². The van der Waals surface area contributed by atoms with Crippen LogP contribution in [0.15, 0.2) is 54.6 Å². The lowest BCUT2D eigenvalue weighted by Gasteiger charge is -2.39. The van der Waals surface area contributed by atoms with Gasteiger partial charge in [0.15, 0.2) is 0 Å². The van der Waals surface area contributed by atoms with Gasteiger partial charge in [0.05, 0.1) is 11.2 Å². The molecule has 0 atom stereocenters. The number of carbonyl (C=O) groups excluding carboxylic acids is 1. The van der Waals surface area contributed by atoms with Crippen LogP contribution < -0.4 is 0 Å². The molecular weight excluding hydrogens is 359 g/mol. The Morgan fingerprint density at radius 3 is 2.26 bits per heavy atom. The Labute approximate surface area is 155 Å². The number of hydrogen-bond donors (Lipinski definition) is 1. The van der Waals surface area contributed by atoms with Gasteiger partial charge in [-0.05, 0) is 30.0 Å². The number of nitrogens with zero attached hydrogens (tertiary/aromatic N) is 1. The van der Waals surface area contributed by atoms with Crippen LogP contribution >= 0.6 is 0 Å². The zero-order valence-corrected chi connectivity index (χ0v) is 14.6. The summed E-state index contributed by atoms with van der Waals surface area (Å²) in [4.78, 5) is 13.6. The number of piperidine rings is 1. The zero-order chi connectivity index (χ0) is 19.5. The maximum atomic E-state index is 13.2. The van der Waals surface area contributed by atoms with Crippen LogP contribution in [0.25, 0.3) is 0 Å². The van der Waals surface area contributed by atoms with E-state index >= 15 is 0 Å². The van der Waals surface area contributed by atoms with Crippen LogP contribution in [0.5, 0.6) is 0 Å². The van der Waals surface area contributed by atoms with E-state index in [9.17, 15) is 23.1 Å². The second-order valence-corrected chi connectivity index (χ2v) is 6.60. The van der Waals surface area contributed by atoms with Crippen molar-refractivity contribution < 1.29 is 27.8 Å². The molecule has 0 aliphatic carbocycles. The molecule has 1 fully saturated rings. The number of amides is 1. The highest BCUT2D eigenvalue weighted by molar-refractivity contribution is 5.67. The zero-order valence-electron chi connectivity index (χ0n) is 14.6. The van der Waals surface area contributed by atoms with E-state index in [0.29, 0.717) is 0 Å². The van der Waals surface area contributed by atoms with E-state index in [2.05, 4.69) is 0 Å². The minimum absolute atomic E-state index is 0.0144. The summed E-state index contributed by atoms with van der Waals surface area (Å²) in [5.74, 6) is 0. The van der Waals surface area contributed by atoms with Crippen molar-refractivity contribution in [2.24, 2.45) is 0 Å². The molecule has 1 heterocycles. The van der Waals surface area contributed by atoms with Crippen molar-refractivity contribution in [1.29, 1.82) is 0 Å². The van der Waals surface area contributed by atoms with Crippen molar-refractivity contribution in [2.45, 2.75) is 31.2 Å². The molecular formula is C20H20F3NO3. The van der Waals surface area contributed by atoms with Crippen molar-refractivity contribution in [1.82, 2.24) is 4.90 Å². The van der Waals surface area contributed by atoms with Gasteiger partial charge in [-0.3, -0.25) is 0 Å². The van der Waals surface area contributed by atoms with Gasteiger partial charge in [0, 0.05) is 13.1 Å². The average molecular weight is 379 g/mol. The Morgan fingerprint density at radius 2 is 1.63 bits per heavy atom. The Morgan fingerprint density at radius 1 is 1.04 bits per heavy atom. The molecule has 3 rings (SSSR count). The minimum atomic E-state index is -4.54. The fraction of sp³-hybridized carbons (Fsp3) is 0.350. The molecule has 0 aromatic heterocycles. The van der Waals surface area contributed by atoms with Crippen LogP contribution in [0, 0.1) is 0 Å². The first kappa shape index (κ1) is 19.2. The molecule has 0 saturated carbocycles. The number of alkyl halides is 3. The van der Waals surface area contributed by atoms with Crippen LogP contribution in [0.4, 0.5) is 18.0 Å². The third kappa shape index (κ3) is 4.42. The third-order valence-electron chi connectivity index (χ3n) is 4.79. The summed E-state index contributed by atoms with van der Waals surface area (Å²) in [7, 11) is 0. The van der Waals surface area contributed by atoms with Gasteiger partial charge in [-0.1, -0.05) is 48.5 Å². The molecule has 0 unspecified atom stereocenters. The summed E-state index contributed by atoms with van der Waals surface area (Å²) in [5, 5.41) is 10.8. The van der Waals surface area contributed by atoms with Crippen LogP contribution in [0.3, 0.4) is 0 Å².